The van der Waals surface area contributed by atoms with E-state index in [2.05, 4.69) is 46.7 Å². The molecular weight excluding hydrogens is 355 g/mol. The second kappa shape index (κ2) is 5.48. The average Bonchev–Trinajstić information content (AvgIpc) is 2.34. The Bertz CT molecular complexity index is 591. The van der Waals surface area contributed by atoms with Gasteiger partial charge in [-0.25, -0.2) is 0 Å². The van der Waals surface area contributed by atoms with Gasteiger partial charge in [-0.15, -0.1) is 0 Å². The molecular formula is C15H15BrOSe. The summed E-state index contributed by atoms with van der Waals surface area (Å²) in [4.78, 5) is 14.8. The van der Waals surface area contributed by atoms with Gasteiger partial charge in [0.1, 0.15) is 0 Å². The molecule has 1 unspecified atom stereocenters. The predicted octanol–water partition coefficient (Wildman–Crippen LogP) is 3.96. The van der Waals surface area contributed by atoms with Crippen LogP contribution in [0.15, 0.2) is 50.9 Å². The summed E-state index contributed by atoms with van der Waals surface area (Å²) in [6, 6.07) is 7.59. The molecule has 0 saturated heterocycles. The van der Waals surface area contributed by atoms with Crippen LogP contribution in [0.3, 0.4) is 0 Å². The van der Waals surface area contributed by atoms with E-state index < -0.39 is 13.5 Å². The average molecular weight is 370 g/mol. The Morgan fingerprint density at radius 1 is 1.11 bits per heavy atom. The van der Waals surface area contributed by atoms with Gasteiger partial charge in [-0.1, -0.05) is 0 Å². The topological polar surface area (TPSA) is 17.1 Å². The number of hydrogen-bond acceptors (Lipinski definition) is 1. The SMILES string of the molecule is CC1=CC(C(=O)c2ccc(Br)cc2)=[Se](C)C=C1C. The van der Waals surface area contributed by atoms with Crippen LogP contribution in [0, 0.1) is 0 Å². The standard InChI is InChI=1S/C15H15BrOSe/c1-10-8-14(18(3)9-11(10)2)15(17)12-4-6-13(16)7-5-12/h4-9H,1-3H3. The Morgan fingerprint density at radius 2 is 1.72 bits per heavy atom. The quantitative estimate of drug-likeness (QED) is 0.569. The van der Waals surface area contributed by atoms with Crippen LogP contribution < -0.4 is 0 Å². The first kappa shape index (κ1) is 13.7. The second-order valence-corrected chi connectivity index (χ2v) is 9.06. The van der Waals surface area contributed by atoms with E-state index in [9.17, 15) is 4.79 Å². The van der Waals surface area contributed by atoms with E-state index in [1.807, 2.05) is 24.3 Å². The van der Waals surface area contributed by atoms with E-state index in [0.29, 0.717) is 0 Å². The first-order chi connectivity index (χ1) is 8.49. The van der Waals surface area contributed by atoms with Gasteiger partial charge < -0.3 is 0 Å². The van der Waals surface area contributed by atoms with E-state index >= 15 is 0 Å². The van der Waals surface area contributed by atoms with Crippen molar-refractivity contribution in [3.05, 3.63) is 56.5 Å². The molecule has 1 aromatic rings. The molecule has 0 N–H and O–H groups in total. The van der Waals surface area contributed by atoms with Crippen LogP contribution in [0.5, 0.6) is 0 Å². The number of halogens is 1. The normalized spacial score (nSPS) is 19.3. The van der Waals surface area contributed by atoms with E-state index in [1.165, 1.54) is 11.1 Å². The molecule has 0 saturated carbocycles. The Hall–Kier alpha value is -0.761. The van der Waals surface area contributed by atoms with Crippen LogP contribution in [0.2, 0.25) is 5.82 Å². The molecule has 0 radical (unpaired) electrons. The zero-order valence-electron chi connectivity index (χ0n) is 10.7. The summed E-state index contributed by atoms with van der Waals surface area (Å²) in [5.74, 6) is 2.37. The molecule has 0 fully saturated rings. The summed E-state index contributed by atoms with van der Waals surface area (Å²) in [7, 11) is 0. The van der Waals surface area contributed by atoms with Crippen LogP contribution in [0.4, 0.5) is 0 Å². The van der Waals surface area contributed by atoms with Crippen LogP contribution in [0.1, 0.15) is 24.2 Å². The number of carbonyl (C=O) groups excluding carboxylic acids is 1. The van der Waals surface area contributed by atoms with Gasteiger partial charge in [0.2, 0.25) is 0 Å². The molecule has 1 aliphatic rings. The van der Waals surface area contributed by atoms with Gasteiger partial charge >= 0.3 is 121 Å². The van der Waals surface area contributed by atoms with Crippen LogP contribution in [-0.2, 0) is 0 Å². The Morgan fingerprint density at radius 3 is 2.33 bits per heavy atom. The third-order valence-corrected chi connectivity index (χ3v) is 7.10. The molecule has 1 atom stereocenters. The molecule has 94 valence electrons. The van der Waals surface area contributed by atoms with Crippen molar-refractivity contribution in [2.75, 3.05) is 0 Å². The molecule has 2 rings (SSSR count). The summed E-state index contributed by atoms with van der Waals surface area (Å²) >= 11 is 2.30. The van der Waals surface area contributed by atoms with Crippen molar-refractivity contribution in [1.82, 2.24) is 0 Å². The molecule has 0 spiro atoms. The molecule has 0 bridgehead atoms. The van der Waals surface area contributed by atoms with Crippen molar-refractivity contribution in [1.29, 1.82) is 0 Å². The maximum atomic E-state index is 12.5. The number of carbonyl (C=O) groups is 1. The van der Waals surface area contributed by atoms with Crippen molar-refractivity contribution >= 4 is 39.6 Å². The maximum absolute atomic E-state index is 12.5. The van der Waals surface area contributed by atoms with Crippen molar-refractivity contribution in [3.63, 3.8) is 0 Å². The fourth-order valence-corrected chi connectivity index (χ4v) is 5.44. The zero-order valence-corrected chi connectivity index (χ0v) is 14.0. The summed E-state index contributed by atoms with van der Waals surface area (Å²) in [6.45, 7) is 4.19. The third kappa shape index (κ3) is 2.80. The number of hydrogen-bond donors (Lipinski definition) is 0. The van der Waals surface area contributed by atoms with E-state index in [0.717, 1.165) is 14.5 Å². The molecule has 0 aromatic heterocycles. The number of rotatable bonds is 2. The van der Waals surface area contributed by atoms with Crippen molar-refractivity contribution in [2.24, 2.45) is 0 Å². The third-order valence-electron chi connectivity index (χ3n) is 3.00. The molecule has 1 heterocycles. The molecule has 1 aliphatic heterocycles. The summed E-state index contributed by atoms with van der Waals surface area (Å²) in [5.41, 5.74) is 3.30. The van der Waals surface area contributed by atoms with Gasteiger partial charge in [0.25, 0.3) is 0 Å². The van der Waals surface area contributed by atoms with Gasteiger partial charge in [0.05, 0.1) is 0 Å². The molecule has 0 amide bonds. The second-order valence-electron chi connectivity index (χ2n) is 4.39. The molecule has 0 aliphatic carbocycles. The fraction of sp³-hybridized carbons (Fsp3) is 0.200. The van der Waals surface area contributed by atoms with E-state index in [4.69, 9.17) is 0 Å². The minimum atomic E-state index is -1.09. The summed E-state index contributed by atoms with van der Waals surface area (Å²) in [6.07, 6.45) is 2.07. The number of benzene rings is 1. The zero-order chi connectivity index (χ0) is 13.3. The Balaban J connectivity index is 2.42. The van der Waals surface area contributed by atoms with Gasteiger partial charge in [0, 0.05) is 0 Å². The van der Waals surface area contributed by atoms with Gasteiger partial charge in [-0.2, -0.15) is 0 Å². The molecule has 1 nitrogen and oxygen atoms in total. The molecule has 18 heavy (non-hydrogen) atoms. The molecule has 1 aromatic carbocycles. The number of ketones is 1. The van der Waals surface area contributed by atoms with Gasteiger partial charge in [0.15, 0.2) is 0 Å². The van der Waals surface area contributed by atoms with Gasteiger partial charge in [-0.3, -0.25) is 0 Å². The van der Waals surface area contributed by atoms with Gasteiger partial charge in [-0.05, 0) is 0 Å². The first-order valence-corrected chi connectivity index (χ1v) is 10.0. The van der Waals surface area contributed by atoms with E-state index in [1.54, 1.807) is 0 Å². The monoisotopic (exact) mass is 370 g/mol. The van der Waals surface area contributed by atoms with E-state index in [-0.39, 0.29) is 5.78 Å². The minimum absolute atomic E-state index is 0.179. The van der Waals surface area contributed by atoms with Crippen LogP contribution in [-0.4, -0.2) is 23.7 Å². The van der Waals surface area contributed by atoms with Crippen LogP contribution in [0.25, 0.3) is 0 Å². The summed E-state index contributed by atoms with van der Waals surface area (Å²) in [5, 5.41) is 0. The fourth-order valence-electron chi connectivity index (χ4n) is 1.78. The predicted molar refractivity (Wildman–Crippen MR) is 82.6 cm³/mol. The van der Waals surface area contributed by atoms with Crippen LogP contribution >= 0.6 is 15.9 Å². The first-order valence-electron chi connectivity index (χ1n) is 5.68. The van der Waals surface area contributed by atoms with Crippen molar-refractivity contribution < 1.29 is 4.79 Å². The number of allylic oxidation sites excluding steroid dienone is 3. The molecule has 3 heteroatoms. The van der Waals surface area contributed by atoms with Crippen molar-refractivity contribution in [3.8, 4) is 0 Å². The Kier molecular flexibility index (Phi) is 4.16. The Labute approximate surface area is 120 Å². The number of Topliss-reactive ketones (excluding diaryl/α,β-unsaturated/α-hetero) is 1. The van der Waals surface area contributed by atoms with Crippen molar-refractivity contribution in [2.45, 2.75) is 19.7 Å². The summed E-state index contributed by atoms with van der Waals surface area (Å²) < 4.78 is 2.00.